The third kappa shape index (κ3) is 3.04. The van der Waals surface area contributed by atoms with Crippen molar-refractivity contribution in [3.05, 3.63) is 18.2 Å². The molecular weight excluding hydrogens is 243 g/mol. The van der Waals surface area contributed by atoms with E-state index in [4.69, 9.17) is 0 Å². The third-order valence-electron chi connectivity index (χ3n) is 3.56. The Morgan fingerprint density at radius 1 is 1.50 bits per heavy atom. The molecule has 1 aliphatic rings. The van der Waals surface area contributed by atoms with Crippen LogP contribution in [-0.2, 0) is 12.0 Å². The quantitative estimate of drug-likeness (QED) is 0.902. The fourth-order valence-electron chi connectivity index (χ4n) is 2.49. The summed E-state index contributed by atoms with van der Waals surface area (Å²) in [5.41, 5.74) is 1.03. The molecule has 6 heteroatoms. The van der Waals surface area contributed by atoms with Crippen molar-refractivity contribution in [3.8, 4) is 0 Å². The fraction of sp³-hybridized carbons (Fsp3) is 0.750. The predicted molar refractivity (Wildman–Crippen MR) is 62.4 cm³/mol. The van der Waals surface area contributed by atoms with Gasteiger partial charge in [0.1, 0.15) is 0 Å². The number of aryl methyl sites for hydroxylation is 1. The lowest BCUT2D eigenvalue weighted by Gasteiger charge is -2.24. The van der Waals surface area contributed by atoms with Crippen LogP contribution in [0.25, 0.3) is 0 Å². The highest BCUT2D eigenvalue weighted by molar-refractivity contribution is 5.17. The van der Waals surface area contributed by atoms with E-state index in [1.807, 2.05) is 4.57 Å². The maximum atomic E-state index is 12.1. The number of hydrogen-bond acceptors (Lipinski definition) is 2. The maximum absolute atomic E-state index is 12.1. The minimum absolute atomic E-state index is 0.00523. The molecule has 0 spiro atoms. The number of aromatic nitrogens is 2. The molecule has 3 nitrogen and oxygen atoms in total. The van der Waals surface area contributed by atoms with E-state index >= 15 is 0 Å². The fourth-order valence-corrected chi connectivity index (χ4v) is 2.49. The largest absolute Gasteiger partial charge is 0.389 e. The molecule has 0 bridgehead atoms. The Bertz CT molecular complexity index is 392. The first-order valence-electron chi connectivity index (χ1n) is 6.19. The summed E-state index contributed by atoms with van der Waals surface area (Å²) in [6.07, 6.45) is -0.288. The van der Waals surface area contributed by atoms with Crippen LogP contribution in [0.15, 0.2) is 12.5 Å². The second kappa shape index (κ2) is 4.91. The molecule has 1 aliphatic heterocycles. The third-order valence-corrected chi connectivity index (χ3v) is 3.56. The molecule has 0 saturated carbocycles. The SMILES string of the molecule is CC1(c2cncn2CCCC(F)(F)F)CCNC1. The van der Waals surface area contributed by atoms with Crippen LogP contribution in [0.1, 0.15) is 31.9 Å². The van der Waals surface area contributed by atoms with E-state index in [1.165, 1.54) is 0 Å². The molecule has 0 radical (unpaired) electrons. The first-order chi connectivity index (χ1) is 8.41. The van der Waals surface area contributed by atoms with Crippen LogP contribution in [0.5, 0.6) is 0 Å². The Kier molecular flexibility index (Phi) is 3.66. The van der Waals surface area contributed by atoms with Crippen molar-refractivity contribution >= 4 is 0 Å². The second-order valence-corrected chi connectivity index (χ2v) is 5.18. The summed E-state index contributed by atoms with van der Waals surface area (Å²) in [6, 6.07) is 0. The first-order valence-corrected chi connectivity index (χ1v) is 6.19. The monoisotopic (exact) mass is 261 g/mol. The molecule has 0 aromatic carbocycles. The van der Waals surface area contributed by atoms with Crippen molar-refractivity contribution in [1.82, 2.24) is 14.9 Å². The van der Waals surface area contributed by atoms with E-state index in [0.717, 1.165) is 25.2 Å². The number of nitrogens with one attached hydrogen (secondary N) is 1. The van der Waals surface area contributed by atoms with E-state index in [2.05, 4.69) is 17.2 Å². The molecule has 2 heterocycles. The van der Waals surface area contributed by atoms with Gasteiger partial charge in [-0.3, -0.25) is 0 Å². The Morgan fingerprint density at radius 3 is 2.89 bits per heavy atom. The zero-order valence-electron chi connectivity index (χ0n) is 10.4. The molecule has 1 aromatic heterocycles. The summed E-state index contributed by atoms with van der Waals surface area (Å²) in [5.74, 6) is 0. The molecule has 0 amide bonds. The second-order valence-electron chi connectivity index (χ2n) is 5.18. The van der Waals surface area contributed by atoms with Gasteiger partial charge in [-0.05, 0) is 19.4 Å². The number of alkyl halides is 3. The molecule has 1 saturated heterocycles. The van der Waals surface area contributed by atoms with Crippen LogP contribution in [0.3, 0.4) is 0 Å². The Balaban J connectivity index is 2.00. The molecule has 1 fully saturated rings. The molecular formula is C12H18F3N3. The minimum Gasteiger partial charge on any atom is -0.334 e. The van der Waals surface area contributed by atoms with Gasteiger partial charge in [0.05, 0.1) is 6.33 Å². The van der Waals surface area contributed by atoms with Gasteiger partial charge in [0, 0.05) is 36.8 Å². The summed E-state index contributed by atoms with van der Waals surface area (Å²) in [7, 11) is 0. The predicted octanol–water partition coefficient (Wildman–Crippen LogP) is 2.48. The summed E-state index contributed by atoms with van der Waals surface area (Å²) in [4.78, 5) is 4.08. The van der Waals surface area contributed by atoms with Gasteiger partial charge in [-0.15, -0.1) is 0 Å². The average molecular weight is 261 g/mol. The van der Waals surface area contributed by atoms with E-state index in [-0.39, 0.29) is 11.8 Å². The topological polar surface area (TPSA) is 29.9 Å². The van der Waals surface area contributed by atoms with E-state index in [9.17, 15) is 13.2 Å². The lowest BCUT2D eigenvalue weighted by molar-refractivity contribution is -0.135. The zero-order chi connectivity index (χ0) is 13.2. The van der Waals surface area contributed by atoms with Gasteiger partial charge >= 0.3 is 6.18 Å². The number of nitrogens with zero attached hydrogens (tertiary/aromatic N) is 2. The van der Waals surface area contributed by atoms with Gasteiger partial charge < -0.3 is 9.88 Å². The van der Waals surface area contributed by atoms with E-state index in [0.29, 0.717) is 6.54 Å². The summed E-state index contributed by atoms with van der Waals surface area (Å²) < 4.78 is 38.2. The normalized spacial score (nSPS) is 24.7. The van der Waals surface area contributed by atoms with Crippen molar-refractivity contribution in [2.24, 2.45) is 0 Å². The number of imidazole rings is 1. The molecule has 1 aromatic rings. The van der Waals surface area contributed by atoms with Crippen LogP contribution in [0, 0.1) is 0 Å². The molecule has 1 unspecified atom stereocenters. The number of rotatable bonds is 4. The minimum atomic E-state index is -4.07. The van der Waals surface area contributed by atoms with Gasteiger partial charge in [-0.1, -0.05) is 6.92 Å². The van der Waals surface area contributed by atoms with E-state index < -0.39 is 12.6 Å². The van der Waals surface area contributed by atoms with Crippen molar-refractivity contribution < 1.29 is 13.2 Å². The van der Waals surface area contributed by atoms with Crippen molar-refractivity contribution in [1.29, 1.82) is 0 Å². The molecule has 102 valence electrons. The zero-order valence-corrected chi connectivity index (χ0v) is 10.4. The van der Waals surface area contributed by atoms with Gasteiger partial charge in [-0.25, -0.2) is 4.98 Å². The molecule has 2 rings (SSSR count). The first kappa shape index (κ1) is 13.4. The van der Waals surface area contributed by atoms with Crippen LogP contribution >= 0.6 is 0 Å². The summed E-state index contributed by atoms with van der Waals surface area (Å²) >= 11 is 0. The van der Waals surface area contributed by atoms with Crippen LogP contribution in [0.2, 0.25) is 0 Å². The van der Waals surface area contributed by atoms with Gasteiger partial charge in [-0.2, -0.15) is 13.2 Å². The summed E-state index contributed by atoms with van der Waals surface area (Å²) in [5, 5.41) is 3.29. The van der Waals surface area contributed by atoms with Crippen LogP contribution in [-0.4, -0.2) is 28.8 Å². The summed E-state index contributed by atoms with van der Waals surface area (Å²) in [6.45, 7) is 4.32. The van der Waals surface area contributed by atoms with E-state index in [1.54, 1.807) is 12.5 Å². The standard InChI is InChI=1S/C12H18F3N3/c1-11(4-5-16-8-11)10-7-17-9-18(10)6-2-3-12(13,14)15/h7,9,16H,2-6,8H2,1H3. The van der Waals surface area contributed by atoms with Gasteiger partial charge in [0.15, 0.2) is 0 Å². The lowest BCUT2D eigenvalue weighted by atomic mass is 9.86. The number of hydrogen-bond donors (Lipinski definition) is 1. The molecule has 1 N–H and O–H groups in total. The van der Waals surface area contributed by atoms with Crippen molar-refractivity contribution in [3.63, 3.8) is 0 Å². The van der Waals surface area contributed by atoms with Crippen molar-refractivity contribution in [2.75, 3.05) is 13.1 Å². The van der Waals surface area contributed by atoms with Crippen LogP contribution in [0.4, 0.5) is 13.2 Å². The Morgan fingerprint density at radius 2 is 2.28 bits per heavy atom. The Hall–Kier alpha value is -1.04. The smallest absolute Gasteiger partial charge is 0.334 e. The molecule has 0 aliphatic carbocycles. The highest BCUT2D eigenvalue weighted by Crippen LogP contribution is 2.30. The van der Waals surface area contributed by atoms with Gasteiger partial charge in [0.2, 0.25) is 0 Å². The Labute approximate surface area is 104 Å². The van der Waals surface area contributed by atoms with Crippen molar-refractivity contribution in [2.45, 2.75) is 44.3 Å². The average Bonchev–Trinajstić information content (AvgIpc) is 2.85. The van der Waals surface area contributed by atoms with Gasteiger partial charge in [0.25, 0.3) is 0 Å². The molecule has 18 heavy (non-hydrogen) atoms. The maximum Gasteiger partial charge on any atom is 0.389 e. The van der Waals surface area contributed by atoms with Crippen LogP contribution < -0.4 is 5.32 Å². The molecule has 1 atom stereocenters. The lowest BCUT2D eigenvalue weighted by Crippen LogP contribution is -2.28. The highest BCUT2D eigenvalue weighted by Gasteiger charge is 2.33. The highest BCUT2D eigenvalue weighted by atomic mass is 19.4. The number of halogens is 3.